The zero-order chi connectivity index (χ0) is 16.9. The van der Waals surface area contributed by atoms with Gasteiger partial charge < -0.3 is 15.4 Å². The number of rotatable bonds is 6. The molecule has 3 aromatic rings. The molecule has 0 aliphatic heterocycles. The van der Waals surface area contributed by atoms with Gasteiger partial charge in [-0.25, -0.2) is 0 Å². The van der Waals surface area contributed by atoms with Crippen molar-refractivity contribution in [3.63, 3.8) is 0 Å². The molecule has 0 aliphatic carbocycles. The van der Waals surface area contributed by atoms with Crippen molar-refractivity contribution < 1.29 is 14.7 Å². The number of hydrogen-bond donors (Lipinski definition) is 3. The third-order valence-electron chi connectivity index (χ3n) is 4.00. The average Bonchev–Trinajstić information content (AvgIpc) is 3.06. The summed E-state index contributed by atoms with van der Waals surface area (Å²) in [6, 6.07) is 16.6. The highest BCUT2D eigenvalue weighted by Gasteiger charge is 2.19. The number of carbonyl (C=O) groups excluding carboxylic acids is 1. The minimum atomic E-state index is -0.916. The normalized spacial score (nSPS) is 12.0. The molecular formula is C19H18N2O3. The van der Waals surface area contributed by atoms with Crippen LogP contribution in [-0.4, -0.2) is 28.5 Å². The first kappa shape index (κ1) is 15.8. The highest BCUT2D eigenvalue weighted by Crippen LogP contribution is 2.14. The molecule has 0 saturated carbocycles. The molecule has 0 saturated heterocycles. The summed E-state index contributed by atoms with van der Waals surface area (Å²) in [5.41, 5.74) is 2.41. The van der Waals surface area contributed by atoms with Crippen molar-refractivity contribution in [1.29, 1.82) is 0 Å². The number of amides is 1. The van der Waals surface area contributed by atoms with Gasteiger partial charge in [-0.05, 0) is 36.2 Å². The molecule has 0 spiro atoms. The Morgan fingerprint density at radius 2 is 1.88 bits per heavy atom. The quantitative estimate of drug-likeness (QED) is 0.652. The number of carbonyl (C=O) groups is 2. The number of benzene rings is 2. The fourth-order valence-electron chi connectivity index (χ4n) is 2.66. The summed E-state index contributed by atoms with van der Waals surface area (Å²) in [5, 5.41) is 13.0. The van der Waals surface area contributed by atoms with Gasteiger partial charge in [0.05, 0.1) is 5.92 Å². The molecular weight excluding hydrogens is 304 g/mol. The SMILES string of the molecule is O=C(NC[C@H](Cc1ccccc1)C(=O)O)c1ccc2[nH]ccc2c1. The summed E-state index contributed by atoms with van der Waals surface area (Å²) >= 11 is 0. The van der Waals surface area contributed by atoms with Crippen LogP contribution in [0.2, 0.25) is 0 Å². The number of H-pyrrole nitrogens is 1. The van der Waals surface area contributed by atoms with Crippen molar-refractivity contribution >= 4 is 22.8 Å². The molecule has 0 aliphatic rings. The zero-order valence-corrected chi connectivity index (χ0v) is 13.0. The summed E-state index contributed by atoms with van der Waals surface area (Å²) in [7, 11) is 0. The first-order valence-corrected chi connectivity index (χ1v) is 7.75. The second-order valence-electron chi connectivity index (χ2n) is 5.71. The van der Waals surface area contributed by atoms with Crippen LogP contribution in [0.5, 0.6) is 0 Å². The smallest absolute Gasteiger partial charge is 0.308 e. The van der Waals surface area contributed by atoms with E-state index in [1.165, 1.54) is 0 Å². The van der Waals surface area contributed by atoms with E-state index in [0.717, 1.165) is 16.5 Å². The molecule has 0 radical (unpaired) electrons. The van der Waals surface area contributed by atoms with Crippen LogP contribution in [0.25, 0.3) is 10.9 Å². The highest BCUT2D eigenvalue weighted by atomic mass is 16.4. The van der Waals surface area contributed by atoms with Gasteiger partial charge in [0.15, 0.2) is 0 Å². The standard InChI is InChI=1S/C19H18N2O3/c22-18(15-6-7-17-14(11-15)8-9-20-17)21-12-16(19(23)24)10-13-4-2-1-3-5-13/h1-9,11,16,20H,10,12H2,(H,21,22)(H,23,24)/t16-/m0/s1. The maximum absolute atomic E-state index is 12.3. The Labute approximate surface area is 139 Å². The van der Waals surface area contributed by atoms with Gasteiger partial charge in [-0.1, -0.05) is 30.3 Å². The number of nitrogens with one attached hydrogen (secondary N) is 2. The van der Waals surface area contributed by atoms with E-state index in [1.54, 1.807) is 12.1 Å². The van der Waals surface area contributed by atoms with E-state index in [9.17, 15) is 14.7 Å². The molecule has 0 fully saturated rings. The van der Waals surface area contributed by atoms with Crippen LogP contribution in [0.4, 0.5) is 0 Å². The molecule has 1 atom stereocenters. The predicted molar refractivity (Wildman–Crippen MR) is 91.9 cm³/mol. The van der Waals surface area contributed by atoms with E-state index in [2.05, 4.69) is 10.3 Å². The number of hydrogen-bond acceptors (Lipinski definition) is 2. The van der Waals surface area contributed by atoms with Crippen LogP contribution in [0.1, 0.15) is 15.9 Å². The Balaban J connectivity index is 1.65. The zero-order valence-electron chi connectivity index (χ0n) is 13.0. The maximum atomic E-state index is 12.3. The Morgan fingerprint density at radius 1 is 1.08 bits per heavy atom. The lowest BCUT2D eigenvalue weighted by Crippen LogP contribution is -2.34. The Hall–Kier alpha value is -3.08. The minimum Gasteiger partial charge on any atom is -0.481 e. The molecule has 1 amide bonds. The summed E-state index contributed by atoms with van der Waals surface area (Å²) in [4.78, 5) is 26.8. The number of carboxylic acids is 1. The first-order valence-electron chi connectivity index (χ1n) is 7.75. The van der Waals surface area contributed by atoms with E-state index in [4.69, 9.17) is 0 Å². The van der Waals surface area contributed by atoms with Gasteiger partial charge in [-0.2, -0.15) is 0 Å². The second-order valence-corrected chi connectivity index (χ2v) is 5.71. The van der Waals surface area contributed by atoms with Gasteiger partial charge in [0.25, 0.3) is 5.91 Å². The number of aromatic nitrogens is 1. The predicted octanol–water partition coefficient (Wildman–Crippen LogP) is 2.84. The molecule has 5 nitrogen and oxygen atoms in total. The van der Waals surface area contributed by atoms with Gasteiger partial charge in [0.1, 0.15) is 0 Å². The third kappa shape index (κ3) is 3.63. The van der Waals surface area contributed by atoms with Crippen molar-refractivity contribution in [3.8, 4) is 0 Å². The first-order chi connectivity index (χ1) is 11.6. The van der Waals surface area contributed by atoms with Crippen LogP contribution < -0.4 is 5.32 Å². The molecule has 3 rings (SSSR count). The second kappa shape index (κ2) is 7.00. The summed E-state index contributed by atoms with van der Waals surface area (Å²) in [6.07, 6.45) is 2.19. The van der Waals surface area contributed by atoms with Gasteiger partial charge in [-0.15, -0.1) is 0 Å². The molecule has 5 heteroatoms. The van der Waals surface area contributed by atoms with Crippen molar-refractivity contribution in [1.82, 2.24) is 10.3 Å². The Bertz CT molecular complexity index is 855. The van der Waals surface area contributed by atoms with Crippen molar-refractivity contribution in [2.75, 3.05) is 6.54 Å². The van der Waals surface area contributed by atoms with Crippen LogP contribution in [0.3, 0.4) is 0 Å². The Morgan fingerprint density at radius 3 is 2.62 bits per heavy atom. The fourth-order valence-corrected chi connectivity index (χ4v) is 2.66. The largest absolute Gasteiger partial charge is 0.481 e. The number of carboxylic acid groups (broad SMARTS) is 1. The summed E-state index contributed by atoms with van der Waals surface area (Å²) in [6.45, 7) is 0.0915. The molecule has 1 aromatic heterocycles. The average molecular weight is 322 g/mol. The van der Waals surface area contributed by atoms with Crippen molar-refractivity contribution in [2.24, 2.45) is 5.92 Å². The van der Waals surface area contributed by atoms with Gasteiger partial charge >= 0.3 is 5.97 Å². The fraction of sp³-hybridized carbons (Fsp3) is 0.158. The third-order valence-corrected chi connectivity index (χ3v) is 4.00. The van der Waals surface area contributed by atoms with E-state index in [-0.39, 0.29) is 12.5 Å². The lowest BCUT2D eigenvalue weighted by molar-refractivity contribution is -0.141. The van der Waals surface area contributed by atoms with E-state index in [0.29, 0.717) is 12.0 Å². The lowest BCUT2D eigenvalue weighted by Gasteiger charge is -2.13. The number of fused-ring (bicyclic) bond motifs is 1. The maximum Gasteiger partial charge on any atom is 0.308 e. The Kier molecular flexibility index (Phi) is 4.61. The lowest BCUT2D eigenvalue weighted by atomic mass is 9.99. The highest BCUT2D eigenvalue weighted by molar-refractivity contribution is 5.98. The summed E-state index contributed by atoms with van der Waals surface area (Å²) in [5.74, 6) is -1.84. The molecule has 2 aromatic carbocycles. The van der Waals surface area contributed by atoms with E-state index in [1.807, 2.05) is 48.7 Å². The van der Waals surface area contributed by atoms with E-state index < -0.39 is 11.9 Å². The van der Waals surface area contributed by atoms with Crippen LogP contribution >= 0.6 is 0 Å². The van der Waals surface area contributed by atoms with Gasteiger partial charge in [0.2, 0.25) is 0 Å². The molecule has 0 unspecified atom stereocenters. The molecule has 3 N–H and O–H groups in total. The molecule has 24 heavy (non-hydrogen) atoms. The van der Waals surface area contributed by atoms with E-state index >= 15 is 0 Å². The van der Waals surface area contributed by atoms with Gasteiger partial charge in [0, 0.05) is 29.2 Å². The molecule has 0 bridgehead atoms. The monoisotopic (exact) mass is 322 g/mol. The molecule has 122 valence electrons. The van der Waals surface area contributed by atoms with Crippen molar-refractivity contribution in [2.45, 2.75) is 6.42 Å². The number of aliphatic carboxylic acids is 1. The minimum absolute atomic E-state index is 0.0915. The number of aromatic amines is 1. The van der Waals surface area contributed by atoms with Crippen molar-refractivity contribution in [3.05, 3.63) is 71.9 Å². The van der Waals surface area contributed by atoms with Crippen LogP contribution in [0, 0.1) is 5.92 Å². The van der Waals surface area contributed by atoms with Crippen LogP contribution in [-0.2, 0) is 11.2 Å². The van der Waals surface area contributed by atoms with Gasteiger partial charge in [-0.3, -0.25) is 9.59 Å². The molecule has 1 heterocycles. The topological polar surface area (TPSA) is 82.2 Å². The van der Waals surface area contributed by atoms with Crippen LogP contribution in [0.15, 0.2) is 60.8 Å². The summed E-state index contributed by atoms with van der Waals surface area (Å²) < 4.78 is 0.